The molecule has 0 aliphatic rings. The predicted octanol–water partition coefficient (Wildman–Crippen LogP) is 3.06. The summed E-state index contributed by atoms with van der Waals surface area (Å²) in [4.78, 5) is 0. The number of benzene rings is 1. The number of hydrogen-bond acceptors (Lipinski definition) is 1. The first-order valence-electron chi connectivity index (χ1n) is 2.97. The number of phenols is 1. The van der Waals surface area contributed by atoms with Gasteiger partial charge < -0.3 is 5.11 Å². The number of alkyl halides is 3. The summed E-state index contributed by atoms with van der Waals surface area (Å²) < 4.78 is 35.9. The fraction of sp³-hybridized carbons (Fsp3) is 0.143. The Morgan fingerprint density at radius 2 is 1.77 bits per heavy atom. The van der Waals surface area contributed by atoms with Gasteiger partial charge in [-0.05, 0) is 18.2 Å². The first kappa shape index (κ1) is 13.0. The van der Waals surface area contributed by atoms with Crippen LogP contribution in [0.5, 0.6) is 5.75 Å². The molecule has 0 heterocycles. The molecule has 1 aromatic carbocycles. The monoisotopic (exact) mass is 286 g/mol. The molecule has 0 unspecified atom stereocenters. The van der Waals surface area contributed by atoms with Crippen LogP contribution >= 0.6 is 11.6 Å². The molecule has 0 aromatic heterocycles. The van der Waals surface area contributed by atoms with Gasteiger partial charge in [0.15, 0.2) is 0 Å². The summed E-state index contributed by atoms with van der Waals surface area (Å²) in [6, 6.07) is 2.35. The number of hydrogen-bond donors (Lipinski definition) is 1. The molecule has 0 saturated heterocycles. The standard InChI is InChI=1S/C7H4ClF3O.Zr/c8-5-3-4(7(9,10)11)1-2-6(5)12;/h1-3,12H;. The van der Waals surface area contributed by atoms with Crippen molar-refractivity contribution in [1.82, 2.24) is 0 Å². The maximum atomic E-state index is 12.0. The van der Waals surface area contributed by atoms with E-state index in [-0.39, 0.29) is 37.0 Å². The second-order valence-corrected chi connectivity index (χ2v) is 2.57. The van der Waals surface area contributed by atoms with Gasteiger partial charge in [-0.25, -0.2) is 0 Å². The third-order valence-corrected chi connectivity index (χ3v) is 1.58. The molecule has 1 aromatic rings. The van der Waals surface area contributed by atoms with Gasteiger partial charge in [0.1, 0.15) is 5.75 Å². The minimum atomic E-state index is -4.42. The zero-order valence-corrected chi connectivity index (χ0v) is 9.41. The van der Waals surface area contributed by atoms with Crippen LogP contribution < -0.4 is 0 Å². The summed E-state index contributed by atoms with van der Waals surface area (Å²) in [5.41, 5.74) is -0.870. The third-order valence-electron chi connectivity index (χ3n) is 1.28. The molecule has 1 rings (SSSR count). The molecule has 0 atom stereocenters. The minimum Gasteiger partial charge on any atom is -0.506 e. The first-order chi connectivity index (χ1) is 5.41. The summed E-state index contributed by atoms with van der Waals surface area (Å²) in [5, 5.41) is 8.51. The molecule has 0 amide bonds. The van der Waals surface area contributed by atoms with E-state index in [4.69, 9.17) is 16.7 Å². The van der Waals surface area contributed by atoms with E-state index in [1.165, 1.54) is 0 Å². The fourth-order valence-electron chi connectivity index (χ4n) is 0.683. The Hall–Kier alpha value is -0.0169. The van der Waals surface area contributed by atoms with Gasteiger partial charge in [0.25, 0.3) is 0 Å². The van der Waals surface area contributed by atoms with Crippen LogP contribution in [-0.4, -0.2) is 5.11 Å². The van der Waals surface area contributed by atoms with Crippen LogP contribution in [0.1, 0.15) is 5.56 Å². The van der Waals surface area contributed by atoms with Gasteiger partial charge in [0.2, 0.25) is 0 Å². The van der Waals surface area contributed by atoms with Crippen molar-refractivity contribution in [3.63, 3.8) is 0 Å². The van der Waals surface area contributed by atoms with Crippen LogP contribution in [0.4, 0.5) is 13.2 Å². The quantitative estimate of drug-likeness (QED) is 0.777. The molecule has 0 bridgehead atoms. The maximum absolute atomic E-state index is 12.0. The van der Waals surface area contributed by atoms with Crippen molar-refractivity contribution in [2.24, 2.45) is 0 Å². The maximum Gasteiger partial charge on any atom is 0.416 e. The Bertz CT molecular complexity index is 300. The predicted molar refractivity (Wildman–Crippen MR) is 38.1 cm³/mol. The van der Waals surface area contributed by atoms with E-state index >= 15 is 0 Å². The van der Waals surface area contributed by atoms with E-state index in [1.54, 1.807) is 0 Å². The van der Waals surface area contributed by atoms with Gasteiger partial charge in [-0.15, -0.1) is 0 Å². The molecular formula is C7H4ClF3OZr. The molecule has 0 saturated carbocycles. The summed E-state index contributed by atoms with van der Waals surface area (Å²) in [5.74, 6) is -0.357. The molecule has 70 valence electrons. The smallest absolute Gasteiger partial charge is 0.416 e. The zero-order valence-electron chi connectivity index (χ0n) is 6.19. The summed E-state index contributed by atoms with van der Waals surface area (Å²) in [7, 11) is 0. The van der Waals surface area contributed by atoms with Crippen LogP contribution in [0.2, 0.25) is 5.02 Å². The van der Waals surface area contributed by atoms with Crippen LogP contribution in [0.25, 0.3) is 0 Å². The summed E-state index contributed by atoms with van der Waals surface area (Å²) in [6.07, 6.45) is -4.42. The molecule has 0 fully saturated rings. The van der Waals surface area contributed by atoms with Crippen LogP contribution in [-0.2, 0) is 32.4 Å². The van der Waals surface area contributed by atoms with Crippen molar-refractivity contribution < 1.29 is 44.5 Å². The fourth-order valence-corrected chi connectivity index (χ4v) is 0.864. The molecule has 0 spiro atoms. The average Bonchev–Trinajstić information content (AvgIpc) is 1.92. The topological polar surface area (TPSA) is 20.2 Å². The zero-order chi connectivity index (χ0) is 9.35. The van der Waals surface area contributed by atoms with Gasteiger partial charge in [-0.2, -0.15) is 13.2 Å². The van der Waals surface area contributed by atoms with Crippen molar-refractivity contribution in [2.45, 2.75) is 6.18 Å². The van der Waals surface area contributed by atoms with Crippen LogP contribution in [0.3, 0.4) is 0 Å². The number of phenolic OH excluding ortho intramolecular Hbond substituents is 1. The summed E-state index contributed by atoms with van der Waals surface area (Å²) >= 11 is 5.27. The molecular weight excluding hydrogens is 284 g/mol. The Kier molecular flexibility index (Phi) is 4.46. The van der Waals surface area contributed by atoms with E-state index in [9.17, 15) is 13.2 Å². The molecule has 1 nitrogen and oxygen atoms in total. The van der Waals surface area contributed by atoms with E-state index in [0.29, 0.717) is 6.07 Å². The van der Waals surface area contributed by atoms with Crippen molar-refractivity contribution in [2.75, 3.05) is 0 Å². The Morgan fingerprint density at radius 3 is 2.15 bits per heavy atom. The van der Waals surface area contributed by atoms with Crippen molar-refractivity contribution in [3.8, 4) is 5.75 Å². The largest absolute Gasteiger partial charge is 0.506 e. The molecule has 13 heavy (non-hydrogen) atoms. The third kappa shape index (κ3) is 3.31. The van der Waals surface area contributed by atoms with Gasteiger partial charge >= 0.3 is 6.18 Å². The second-order valence-electron chi connectivity index (χ2n) is 2.16. The average molecular weight is 288 g/mol. The van der Waals surface area contributed by atoms with Gasteiger partial charge in [0, 0.05) is 26.2 Å². The second kappa shape index (κ2) is 4.47. The van der Waals surface area contributed by atoms with Crippen LogP contribution in [0.15, 0.2) is 18.2 Å². The Labute approximate surface area is 96.6 Å². The SMILES string of the molecule is Oc1ccc(C(F)(F)F)cc1Cl.[Zr]. The number of aromatic hydroxyl groups is 1. The normalized spacial score (nSPS) is 10.8. The molecule has 0 aliphatic heterocycles. The minimum absolute atomic E-state index is 0. The van der Waals surface area contributed by atoms with Gasteiger partial charge in [-0.3, -0.25) is 0 Å². The van der Waals surface area contributed by atoms with Gasteiger partial charge in [-0.1, -0.05) is 11.6 Å². The molecule has 1 N–H and O–H groups in total. The van der Waals surface area contributed by atoms with Crippen molar-refractivity contribution in [1.29, 1.82) is 0 Å². The van der Waals surface area contributed by atoms with E-state index in [1.807, 2.05) is 0 Å². The molecule has 6 heteroatoms. The first-order valence-corrected chi connectivity index (χ1v) is 3.35. The molecule has 0 radical (unpaired) electrons. The summed E-state index contributed by atoms with van der Waals surface area (Å²) in [6.45, 7) is 0. The molecule has 0 aliphatic carbocycles. The van der Waals surface area contributed by atoms with Gasteiger partial charge in [0.05, 0.1) is 10.6 Å². The number of halogens is 4. The van der Waals surface area contributed by atoms with E-state index in [0.717, 1.165) is 12.1 Å². The Balaban J connectivity index is 0.00000144. The van der Waals surface area contributed by atoms with E-state index < -0.39 is 11.7 Å². The van der Waals surface area contributed by atoms with Crippen molar-refractivity contribution in [3.05, 3.63) is 28.8 Å². The number of rotatable bonds is 0. The Morgan fingerprint density at radius 1 is 1.23 bits per heavy atom. The van der Waals surface area contributed by atoms with E-state index in [2.05, 4.69) is 0 Å². The van der Waals surface area contributed by atoms with Crippen molar-refractivity contribution >= 4 is 11.6 Å². The van der Waals surface area contributed by atoms with Crippen LogP contribution in [0, 0.1) is 0 Å².